The zero-order chi connectivity index (χ0) is 19.4. The van der Waals surface area contributed by atoms with Crippen LogP contribution in [0.15, 0.2) is 48.5 Å². The van der Waals surface area contributed by atoms with E-state index in [0.717, 1.165) is 0 Å². The van der Waals surface area contributed by atoms with E-state index in [1.54, 1.807) is 55.6 Å². The molecule has 1 fully saturated rings. The van der Waals surface area contributed by atoms with E-state index in [1.165, 1.54) is 11.8 Å². The van der Waals surface area contributed by atoms with Crippen molar-refractivity contribution in [2.75, 3.05) is 22.6 Å². The number of carbonyl (C=O) groups excluding carboxylic acids is 3. The Balaban J connectivity index is 1.76. The molecule has 1 heterocycles. The molecule has 0 aliphatic carbocycles. The molecule has 1 unspecified atom stereocenters. The first-order valence-corrected chi connectivity index (χ1v) is 8.62. The molecule has 0 bridgehead atoms. The van der Waals surface area contributed by atoms with Gasteiger partial charge in [-0.25, -0.2) is 0 Å². The Bertz CT molecular complexity index is 864. The second-order valence-corrected chi connectivity index (χ2v) is 6.27. The summed E-state index contributed by atoms with van der Waals surface area (Å²) in [5.74, 6) is 0.135. The van der Waals surface area contributed by atoms with Crippen LogP contribution in [0.3, 0.4) is 0 Å². The van der Waals surface area contributed by atoms with Crippen molar-refractivity contribution in [2.45, 2.75) is 25.8 Å². The minimum Gasteiger partial charge on any atom is -0.497 e. The summed E-state index contributed by atoms with van der Waals surface area (Å²) < 4.78 is 5.14. The van der Waals surface area contributed by atoms with Crippen molar-refractivity contribution in [3.8, 4) is 5.75 Å². The van der Waals surface area contributed by atoms with Crippen LogP contribution in [0.5, 0.6) is 5.75 Å². The van der Waals surface area contributed by atoms with Gasteiger partial charge in [0, 0.05) is 30.4 Å². The molecule has 0 aromatic heterocycles. The second kappa shape index (κ2) is 7.90. The average molecular weight is 367 g/mol. The van der Waals surface area contributed by atoms with E-state index in [2.05, 4.69) is 10.6 Å². The molecule has 140 valence electrons. The summed E-state index contributed by atoms with van der Waals surface area (Å²) in [7, 11) is 1.57. The fourth-order valence-corrected chi connectivity index (χ4v) is 3.10. The van der Waals surface area contributed by atoms with E-state index in [-0.39, 0.29) is 17.7 Å². The van der Waals surface area contributed by atoms with Crippen LogP contribution in [0.2, 0.25) is 0 Å². The van der Waals surface area contributed by atoms with Crippen molar-refractivity contribution >= 4 is 34.8 Å². The molecule has 27 heavy (non-hydrogen) atoms. The normalized spacial score (nSPS) is 16.1. The van der Waals surface area contributed by atoms with Crippen molar-refractivity contribution < 1.29 is 19.1 Å². The molecule has 7 heteroatoms. The fourth-order valence-electron chi connectivity index (χ4n) is 3.10. The van der Waals surface area contributed by atoms with Crippen LogP contribution in [0.25, 0.3) is 0 Å². The van der Waals surface area contributed by atoms with Crippen LogP contribution in [-0.4, -0.2) is 30.9 Å². The topological polar surface area (TPSA) is 87.7 Å². The van der Waals surface area contributed by atoms with E-state index >= 15 is 0 Å². The lowest BCUT2D eigenvalue weighted by Gasteiger charge is -2.24. The number of amides is 3. The monoisotopic (exact) mass is 367 g/mol. The highest BCUT2D eigenvalue weighted by Gasteiger charge is 2.37. The van der Waals surface area contributed by atoms with Gasteiger partial charge in [-0.05, 0) is 48.9 Å². The van der Waals surface area contributed by atoms with E-state index in [9.17, 15) is 14.4 Å². The zero-order valence-corrected chi connectivity index (χ0v) is 15.2. The first kappa shape index (κ1) is 18.4. The molecule has 3 rings (SSSR count). The molecule has 2 N–H and O–H groups in total. The first-order chi connectivity index (χ1) is 13.0. The SMILES string of the molecule is COc1ccc(N2C(=O)CCC2C(=O)Nc2cccc(NC(C)=O)c2)cc1. The van der Waals surface area contributed by atoms with Crippen molar-refractivity contribution in [3.63, 3.8) is 0 Å². The van der Waals surface area contributed by atoms with E-state index in [1.807, 2.05) is 0 Å². The molecule has 2 aromatic carbocycles. The highest BCUT2D eigenvalue weighted by atomic mass is 16.5. The molecular formula is C20H21N3O4. The molecule has 3 amide bonds. The number of nitrogens with zero attached hydrogens (tertiary/aromatic N) is 1. The molecule has 0 saturated carbocycles. The van der Waals surface area contributed by atoms with Crippen molar-refractivity contribution in [1.82, 2.24) is 0 Å². The van der Waals surface area contributed by atoms with Gasteiger partial charge in [-0.2, -0.15) is 0 Å². The summed E-state index contributed by atoms with van der Waals surface area (Å²) in [4.78, 5) is 37.8. The molecule has 2 aromatic rings. The Labute approximate surface area is 157 Å². The first-order valence-electron chi connectivity index (χ1n) is 8.62. The van der Waals surface area contributed by atoms with Crippen molar-refractivity contribution in [1.29, 1.82) is 0 Å². The summed E-state index contributed by atoms with van der Waals surface area (Å²) in [6, 6.07) is 13.3. The lowest BCUT2D eigenvalue weighted by molar-refractivity contribution is -0.120. The quantitative estimate of drug-likeness (QED) is 0.851. The van der Waals surface area contributed by atoms with Crippen LogP contribution in [0.1, 0.15) is 19.8 Å². The Hall–Kier alpha value is -3.35. The Morgan fingerprint density at radius 3 is 2.37 bits per heavy atom. The minimum absolute atomic E-state index is 0.0905. The van der Waals surface area contributed by atoms with Gasteiger partial charge in [-0.15, -0.1) is 0 Å². The van der Waals surface area contributed by atoms with Gasteiger partial charge in [-0.3, -0.25) is 19.3 Å². The number of benzene rings is 2. The predicted octanol–water partition coefficient (Wildman–Crippen LogP) is 2.79. The van der Waals surface area contributed by atoms with Gasteiger partial charge in [0.05, 0.1) is 7.11 Å². The van der Waals surface area contributed by atoms with E-state index in [4.69, 9.17) is 4.74 Å². The molecule has 1 aliphatic rings. The van der Waals surface area contributed by atoms with Crippen molar-refractivity contribution in [2.24, 2.45) is 0 Å². The maximum absolute atomic E-state index is 12.8. The fraction of sp³-hybridized carbons (Fsp3) is 0.250. The third-order valence-corrected chi connectivity index (χ3v) is 4.32. The Morgan fingerprint density at radius 1 is 1.07 bits per heavy atom. The molecule has 0 radical (unpaired) electrons. The number of rotatable bonds is 5. The third kappa shape index (κ3) is 4.25. The van der Waals surface area contributed by atoms with Gasteiger partial charge in [0.25, 0.3) is 0 Å². The van der Waals surface area contributed by atoms with Gasteiger partial charge in [-0.1, -0.05) is 6.07 Å². The van der Waals surface area contributed by atoms with Crippen LogP contribution in [0, 0.1) is 0 Å². The van der Waals surface area contributed by atoms with Gasteiger partial charge >= 0.3 is 0 Å². The smallest absolute Gasteiger partial charge is 0.247 e. The lowest BCUT2D eigenvalue weighted by Crippen LogP contribution is -2.41. The lowest BCUT2D eigenvalue weighted by atomic mass is 10.1. The number of carbonyl (C=O) groups is 3. The Kier molecular flexibility index (Phi) is 5.40. The summed E-state index contributed by atoms with van der Waals surface area (Å²) in [5, 5.41) is 5.51. The van der Waals surface area contributed by atoms with Crippen LogP contribution in [0.4, 0.5) is 17.1 Å². The van der Waals surface area contributed by atoms with E-state index in [0.29, 0.717) is 35.7 Å². The summed E-state index contributed by atoms with van der Waals surface area (Å²) >= 11 is 0. The standard InChI is InChI=1S/C20H21N3O4/c1-13(24)21-14-4-3-5-15(12-14)22-20(26)18-10-11-19(25)23(18)16-6-8-17(27-2)9-7-16/h3-9,12,18H,10-11H2,1-2H3,(H,21,24)(H,22,26). The largest absolute Gasteiger partial charge is 0.497 e. The number of hydrogen-bond acceptors (Lipinski definition) is 4. The molecule has 1 atom stereocenters. The summed E-state index contributed by atoms with van der Waals surface area (Å²) in [6.45, 7) is 1.42. The highest BCUT2D eigenvalue weighted by Crippen LogP contribution is 2.29. The summed E-state index contributed by atoms with van der Waals surface area (Å²) in [5.41, 5.74) is 1.81. The average Bonchev–Trinajstić information content (AvgIpc) is 3.03. The number of hydrogen-bond donors (Lipinski definition) is 2. The molecular weight excluding hydrogens is 346 g/mol. The maximum atomic E-state index is 12.8. The maximum Gasteiger partial charge on any atom is 0.247 e. The van der Waals surface area contributed by atoms with Crippen LogP contribution < -0.4 is 20.3 Å². The minimum atomic E-state index is -0.588. The molecule has 7 nitrogen and oxygen atoms in total. The van der Waals surface area contributed by atoms with Gasteiger partial charge in [0.15, 0.2) is 0 Å². The zero-order valence-electron chi connectivity index (χ0n) is 15.2. The van der Waals surface area contributed by atoms with Crippen LogP contribution in [-0.2, 0) is 14.4 Å². The van der Waals surface area contributed by atoms with E-state index < -0.39 is 6.04 Å². The Morgan fingerprint density at radius 2 is 1.74 bits per heavy atom. The summed E-state index contributed by atoms with van der Waals surface area (Å²) in [6.07, 6.45) is 0.762. The van der Waals surface area contributed by atoms with Crippen LogP contribution >= 0.6 is 0 Å². The van der Waals surface area contributed by atoms with Gasteiger partial charge in [0.2, 0.25) is 17.7 Å². The van der Waals surface area contributed by atoms with Gasteiger partial charge in [0.1, 0.15) is 11.8 Å². The molecule has 0 spiro atoms. The molecule has 1 aliphatic heterocycles. The molecule has 1 saturated heterocycles. The number of methoxy groups -OCH3 is 1. The number of nitrogens with one attached hydrogen (secondary N) is 2. The number of anilines is 3. The highest BCUT2D eigenvalue weighted by molar-refractivity contribution is 6.07. The number of ether oxygens (including phenoxy) is 1. The third-order valence-electron chi connectivity index (χ3n) is 4.32. The van der Waals surface area contributed by atoms with Gasteiger partial charge < -0.3 is 15.4 Å². The second-order valence-electron chi connectivity index (χ2n) is 6.27. The van der Waals surface area contributed by atoms with Crippen molar-refractivity contribution in [3.05, 3.63) is 48.5 Å². The predicted molar refractivity (Wildman–Crippen MR) is 103 cm³/mol.